The highest BCUT2D eigenvalue weighted by molar-refractivity contribution is 5.79. The zero-order chi connectivity index (χ0) is 16.5. The lowest BCUT2D eigenvalue weighted by Crippen LogP contribution is -2.46. The van der Waals surface area contributed by atoms with Crippen molar-refractivity contribution in [3.05, 3.63) is 30.3 Å². The second kappa shape index (κ2) is 9.40. The predicted molar refractivity (Wildman–Crippen MR) is 96.1 cm³/mol. The Kier molecular flexibility index (Phi) is 7.20. The maximum atomic E-state index is 5.68. The molecule has 1 aliphatic rings. The normalized spacial score (nSPS) is 16.3. The third kappa shape index (κ3) is 6.48. The zero-order valence-electron chi connectivity index (χ0n) is 14.6. The van der Waals surface area contributed by atoms with Gasteiger partial charge < -0.3 is 20.3 Å². The lowest BCUT2D eigenvalue weighted by Gasteiger charge is -2.25. The van der Waals surface area contributed by atoms with Crippen molar-refractivity contribution in [2.45, 2.75) is 25.3 Å². The first-order valence-corrected chi connectivity index (χ1v) is 8.49. The first kappa shape index (κ1) is 17.6. The summed E-state index contributed by atoms with van der Waals surface area (Å²) in [6.45, 7) is 2.50. The molecule has 128 valence electrons. The highest BCUT2D eigenvalue weighted by atomic mass is 16.5. The van der Waals surface area contributed by atoms with Crippen molar-refractivity contribution < 1.29 is 4.74 Å². The van der Waals surface area contributed by atoms with Crippen molar-refractivity contribution in [3.8, 4) is 5.75 Å². The molecule has 23 heavy (non-hydrogen) atoms. The molecule has 0 aliphatic heterocycles. The van der Waals surface area contributed by atoms with Gasteiger partial charge in [0.25, 0.3) is 0 Å². The molecule has 5 heteroatoms. The number of likely N-dealkylation sites (N-methyl/N-ethyl adjacent to an activating group) is 1. The number of nitrogens with one attached hydrogen (secondary N) is 2. The quantitative estimate of drug-likeness (QED) is 0.415. The summed E-state index contributed by atoms with van der Waals surface area (Å²) in [6.07, 6.45) is 3.65. The van der Waals surface area contributed by atoms with Crippen LogP contribution in [0.2, 0.25) is 0 Å². The second-order valence-corrected chi connectivity index (χ2v) is 6.26. The Morgan fingerprint density at radius 2 is 2.00 bits per heavy atom. The zero-order valence-corrected chi connectivity index (χ0v) is 14.6. The van der Waals surface area contributed by atoms with Gasteiger partial charge in [0.1, 0.15) is 5.75 Å². The van der Waals surface area contributed by atoms with E-state index < -0.39 is 0 Å². The molecule has 1 unspecified atom stereocenters. The van der Waals surface area contributed by atoms with Gasteiger partial charge in [-0.25, -0.2) is 0 Å². The molecule has 0 heterocycles. The fourth-order valence-corrected chi connectivity index (χ4v) is 2.66. The number of benzene rings is 1. The molecule has 0 amide bonds. The molecule has 0 spiro atoms. The summed E-state index contributed by atoms with van der Waals surface area (Å²) >= 11 is 0. The van der Waals surface area contributed by atoms with Crippen LogP contribution in [0.15, 0.2) is 35.3 Å². The summed E-state index contributed by atoms with van der Waals surface area (Å²) in [5.41, 5.74) is 0. The number of hydrogen-bond acceptors (Lipinski definition) is 3. The Bertz CT molecular complexity index is 469. The fourth-order valence-electron chi connectivity index (χ4n) is 2.66. The predicted octanol–water partition coefficient (Wildman–Crippen LogP) is 1.96. The number of ether oxygens (including phenoxy) is 1. The number of hydrogen-bond donors (Lipinski definition) is 2. The highest BCUT2D eigenvalue weighted by Gasteiger charge is 2.32. The van der Waals surface area contributed by atoms with Gasteiger partial charge in [0, 0.05) is 26.2 Å². The number of nitrogens with zero attached hydrogens (tertiary/aromatic N) is 2. The Labute approximate surface area is 140 Å². The first-order valence-electron chi connectivity index (χ1n) is 8.49. The third-order valence-electron chi connectivity index (χ3n) is 4.16. The average Bonchev–Trinajstić information content (AvgIpc) is 3.38. The molecule has 1 aliphatic carbocycles. The van der Waals surface area contributed by atoms with Crippen molar-refractivity contribution in [1.29, 1.82) is 0 Å². The molecule has 1 saturated carbocycles. The van der Waals surface area contributed by atoms with E-state index in [1.165, 1.54) is 12.8 Å². The molecule has 0 radical (unpaired) electrons. The molecule has 2 rings (SSSR count). The Balaban J connectivity index is 1.59. The summed E-state index contributed by atoms with van der Waals surface area (Å²) in [6, 6.07) is 10.5. The molecular weight excluding hydrogens is 288 g/mol. The molecule has 0 bridgehead atoms. The van der Waals surface area contributed by atoms with Crippen molar-refractivity contribution in [1.82, 2.24) is 15.5 Å². The van der Waals surface area contributed by atoms with E-state index in [-0.39, 0.29) is 0 Å². The van der Waals surface area contributed by atoms with Gasteiger partial charge in [-0.2, -0.15) is 0 Å². The van der Waals surface area contributed by atoms with Crippen molar-refractivity contribution >= 4 is 5.96 Å². The van der Waals surface area contributed by atoms with Crippen LogP contribution in [0.4, 0.5) is 0 Å². The largest absolute Gasteiger partial charge is 0.494 e. The number of aliphatic imine (C=N–C) groups is 1. The topological polar surface area (TPSA) is 48.9 Å². The average molecular weight is 318 g/mol. The van der Waals surface area contributed by atoms with Crippen LogP contribution < -0.4 is 15.4 Å². The molecule has 0 aromatic heterocycles. The molecule has 1 fully saturated rings. The van der Waals surface area contributed by atoms with E-state index in [1.54, 1.807) is 0 Å². The van der Waals surface area contributed by atoms with Gasteiger partial charge in [0.05, 0.1) is 6.61 Å². The minimum atomic E-state index is 0.593. The van der Waals surface area contributed by atoms with Crippen LogP contribution in [0.1, 0.15) is 19.3 Å². The lowest BCUT2D eigenvalue weighted by molar-refractivity contribution is 0.264. The number of guanidine groups is 1. The minimum absolute atomic E-state index is 0.593. The van der Waals surface area contributed by atoms with Crippen molar-refractivity contribution in [2.24, 2.45) is 10.9 Å². The molecular formula is C18H30N4O. The van der Waals surface area contributed by atoms with Gasteiger partial charge in [0.15, 0.2) is 5.96 Å². The monoisotopic (exact) mass is 318 g/mol. The van der Waals surface area contributed by atoms with E-state index in [9.17, 15) is 0 Å². The summed E-state index contributed by atoms with van der Waals surface area (Å²) < 4.78 is 5.68. The van der Waals surface area contributed by atoms with E-state index in [2.05, 4.69) is 34.6 Å². The third-order valence-corrected chi connectivity index (χ3v) is 4.16. The van der Waals surface area contributed by atoms with Crippen LogP contribution in [0.25, 0.3) is 0 Å². The van der Waals surface area contributed by atoms with Crippen LogP contribution >= 0.6 is 0 Å². The maximum absolute atomic E-state index is 5.68. The molecule has 1 aromatic rings. The van der Waals surface area contributed by atoms with Crippen LogP contribution in [-0.2, 0) is 0 Å². The fraction of sp³-hybridized carbons (Fsp3) is 0.611. The van der Waals surface area contributed by atoms with Crippen LogP contribution in [0, 0.1) is 5.92 Å². The Hall–Kier alpha value is -1.75. The molecule has 5 nitrogen and oxygen atoms in total. The van der Waals surface area contributed by atoms with Gasteiger partial charge in [-0.05, 0) is 51.4 Å². The Morgan fingerprint density at radius 1 is 1.26 bits per heavy atom. The molecule has 2 N–H and O–H groups in total. The number of rotatable bonds is 9. The summed E-state index contributed by atoms with van der Waals surface area (Å²) in [4.78, 5) is 6.60. The Morgan fingerprint density at radius 3 is 2.61 bits per heavy atom. The van der Waals surface area contributed by atoms with Gasteiger partial charge in [-0.3, -0.25) is 4.99 Å². The standard InChI is InChI=1S/C18H30N4O/c1-19-18(21-14-17(22(2)3)15-10-11-15)20-12-7-13-23-16-8-5-4-6-9-16/h4-6,8-9,15,17H,7,10-14H2,1-3H3,(H2,19,20,21). The van der Waals surface area contributed by atoms with Crippen LogP contribution in [0.3, 0.4) is 0 Å². The molecule has 0 saturated heterocycles. The van der Waals surface area contributed by atoms with E-state index in [0.29, 0.717) is 12.6 Å². The second-order valence-electron chi connectivity index (χ2n) is 6.26. The first-order chi connectivity index (χ1) is 11.2. The molecule has 1 atom stereocenters. The van der Waals surface area contributed by atoms with E-state index >= 15 is 0 Å². The minimum Gasteiger partial charge on any atom is -0.494 e. The summed E-state index contributed by atoms with van der Waals surface area (Å²) in [7, 11) is 6.13. The SMILES string of the molecule is CN=C(NCCCOc1ccccc1)NCC(C1CC1)N(C)C. The van der Waals surface area contributed by atoms with Crippen molar-refractivity contribution in [3.63, 3.8) is 0 Å². The van der Waals surface area contributed by atoms with Gasteiger partial charge >= 0.3 is 0 Å². The van der Waals surface area contributed by atoms with Crippen molar-refractivity contribution in [2.75, 3.05) is 40.8 Å². The van der Waals surface area contributed by atoms with Gasteiger partial charge in [-0.15, -0.1) is 0 Å². The van der Waals surface area contributed by atoms with Gasteiger partial charge in [0.2, 0.25) is 0 Å². The smallest absolute Gasteiger partial charge is 0.191 e. The van der Waals surface area contributed by atoms with Gasteiger partial charge in [-0.1, -0.05) is 18.2 Å². The van der Waals surface area contributed by atoms with E-state index in [0.717, 1.165) is 37.1 Å². The molecule has 1 aromatic carbocycles. The van der Waals surface area contributed by atoms with Crippen LogP contribution in [0.5, 0.6) is 5.75 Å². The number of para-hydroxylation sites is 1. The summed E-state index contributed by atoms with van der Waals surface area (Å²) in [5.74, 6) is 2.64. The van der Waals surface area contributed by atoms with Crippen LogP contribution in [-0.4, -0.2) is 57.7 Å². The highest BCUT2D eigenvalue weighted by Crippen LogP contribution is 2.34. The summed E-state index contributed by atoms with van der Waals surface area (Å²) in [5, 5.41) is 6.79. The van der Waals surface area contributed by atoms with E-state index in [4.69, 9.17) is 4.74 Å². The lowest BCUT2D eigenvalue weighted by atomic mass is 10.1. The van der Waals surface area contributed by atoms with E-state index in [1.807, 2.05) is 37.4 Å². The maximum Gasteiger partial charge on any atom is 0.191 e.